The van der Waals surface area contributed by atoms with Gasteiger partial charge in [0.05, 0.1) is 0 Å². The molecule has 8 heterocycles. The molecule has 15 fully saturated rings. The van der Waals surface area contributed by atoms with E-state index in [9.17, 15) is 0 Å². The lowest BCUT2D eigenvalue weighted by Gasteiger charge is -2.30. The summed E-state index contributed by atoms with van der Waals surface area (Å²) in [4.78, 5) is 0. The number of hydrogen-bond acceptors (Lipinski definition) is 14. The van der Waals surface area contributed by atoms with E-state index < -0.39 is 0 Å². The summed E-state index contributed by atoms with van der Waals surface area (Å²) in [5, 5.41) is 0. The Bertz CT molecular complexity index is 918. The van der Waals surface area contributed by atoms with E-state index in [1.54, 1.807) is 0 Å². The molecule has 15 rings (SSSR count). The summed E-state index contributed by atoms with van der Waals surface area (Å²) in [5.41, 5.74) is 0. The highest BCUT2D eigenvalue weighted by Crippen LogP contribution is 2.46. The van der Waals surface area contributed by atoms with Gasteiger partial charge in [-0.3, -0.25) is 0 Å². The normalized spacial score (nSPS) is 40.8. The first kappa shape index (κ1) is 61.0. The molecule has 0 nitrogen and oxygen atoms in total. The van der Waals surface area contributed by atoms with E-state index in [1.807, 2.05) is 0 Å². The van der Waals surface area contributed by atoms with Crippen molar-refractivity contribution < 1.29 is 0 Å². The van der Waals surface area contributed by atoms with Crippen molar-refractivity contribution in [3.8, 4) is 0 Å². The van der Waals surface area contributed by atoms with Crippen LogP contribution in [-0.2, 0) is 0 Å². The van der Waals surface area contributed by atoms with Gasteiger partial charge in [-0.2, -0.15) is 0 Å². The minimum Gasteiger partial charge on any atom is -0.0939 e. The second kappa shape index (κ2) is 37.1. The number of fused-ring (bicyclic) bond motifs is 6. The van der Waals surface area contributed by atoms with Crippen LogP contribution in [0.15, 0.2) is 0 Å². The lowest BCUT2D eigenvalue weighted by molar-refractivity contribution is 0.315. The number of hydrogen-bond donors (Lipinski definition) is 0. The first-order chi connectivity index (χ1) is 34.6. The molecule has 0 amide bonds. The molecule has 15 aliphatic rings. The zero-order chi connectivity index (χ0) is 47.7. The van der Waals surface area contributed by atoms with Gasteiger partial charge in [0.25, 0.3) is 0 Å². The molecule has 0 aromatic carbocycles. The average molecular weight is 1220 g/mol. The summed E-state index contributed by atoms with van der Waals surface area (Å²) in [6, 6.07) is 0. The van der Waals surface area contributed by atoms with Crippen LogP contribution in [0.4, 0.5) is 0 Å². The highest BCUT2D eigenvalue weighted by molar-refractivity contribution is 8.78. The van der Waals surface area contributed by atoms with Crippen molar-refractivity contribution >= 4 is 151 Å². The molecule has 14 bridgehead atoms. The second-order valence-corrected chi connectivity index (χ2v) is 42.1. The maximum Gasteiger partial charge on any atom is 0.00653 e. The molecule has 406 valence electrons. The zero-order valence-corrected chi connectivity index (χ0v) is 54.9. The Kier molecular flexibility index (Phi) is 32.3. The Hall–Kier alpha value is 4.90. The van der Waals surface area contributed by atoms with Crippen LogP contribution in [0.5, 0.6) is 0 Å². The van der Waals surface area contributed by atoms with Crippen LogP contribution in [0.3, 0.4) is 0 Å². The molecule has 0 radical (unpaired) electrons. The lowest BCUT2D eigenvalue weighted by atomic mass is 9.84. The van der Waals surface area contributed by atoms with Crippen LogP contribution in [-0.4, -0.2) is 80.5 Å². The van der Waals surface area contributed by atoms with E-state index >= 15 is 0 Å². The number of rotatable bonds is 0. The minimum atomic E-state index is 0.995. The minimum absolute atomic E-state index is 0.995. The van der Waals surface area contributed by atoms with Crippen molar-refractivity contribution in [3.63, 3.8) is 0 Å². The molecule has 0 aromatic rings. The summed E-state index contributed by atoms with van der Waals surface area (Å²) in [5.74, 6) is 33.8. The van der Waals surface area contributed by atoms with Gasteiger partial charge in [-0.25, -0.2) is 0 Å². The van der Waals surface area contributed by atoms with Crippen molar-refractivity contribution in [1.82, 2.24) is 0 Å². The highest BCUT2D eigenvalue weighted by Gasteiger charge is 2.29. The van der Waals surface area contributed by atoms with Crippen molar-refractivity contribution in [2.45, 2.75) is 180 Å². The summed E-state index contributed by atoms with van der Waals surface area (Å²) < 4.78 is 0. The molecular weight excluding hydrogens is 1120 g/mol. The van der Waals surface area contributed by atoms with Gasteiger partial charge in [0.15, 0.2) is 0 Å². The monoisotopic (exact) mass is 1220 g/mol. The second-order valence-electron chi connectivity index (χ2n) is 24.2. The quantitative estimate of drug-likeness (QED) is 0.211. The largest absolute Gasteiger partial charge is 0.0939 e. The first-order valence-electron chi connectivity index (χ1n) is 29.4. The van der Waals surface area contributed by atoms with Crippen molar-refractivity contribution in [2.75, 3.05) is 80.5 Å². The van der Waals surface area contributed by atoms with E-state index in [-0.39, 0.29) is 0 Å². The third-order valence-electron chi connectivity index (χ3n) is 18.6. The third-order valence-corrected chi connectivity index (χ3v) is 37.5. The van der Waals surface area contributed by atoms with Crippen molar-refractivity contribution in [3.05, 3.63) is 0 Å². The van der Waals surface area contributed by atoms with Gasteiger partial charge in [0, 0.05) is 80.5 Å². The SMILES string of the molecule is C1C[C@H]2CC[C@@H]1CSSC[C@@H]1CC[C@@H](CC1)CSSC[C@@H]1CC[C@@H](CC1)CSSC[C@@H]1CC[C@@H](CC1)CSSC[C@@H]1CC[C@@H](CC1)CSSC[C@@H]1CC[C@@H](CC1)CSSC[C@@H]1CC[C@@H](CC1)CSSC2. The smallest absolute Gasteiger partial charge is 0.00653 e. The molecule has 0 unspecified atom stereocenters. The summed E-state index contributed by atoms with van der Waals surface area (Å²) >= 11 is 0. The Labute approximate surface area is 488 Å². The topological polar surface area (TPSA) is 0 Å². The molecule has 7 aliphatic carbocycles. The van der Waals surface area contributed by atoms with Crippen LogP contribution in [0.1, 0.15) is 180 Å². The standard InChI is InChI=1S/C56H98S14/c1-2-44-4-3-43(1)29-57-59-31-45-5-7-47(8-6-45)33-61-63-35-49-13-15-51(16-14-49)37-65-67-39-53-21-23-55(24-22-53)41-69-70-42-56-27-25-54(26-28-56)40-68-66-38-52-19-17-50(18-20-52)36-64-62-34-48-11-9-46(10-12-48)32-60-58-30-44/h43-56H,1-42H2/t43-,44+,45-,46-,47+,48+,49-,50-,51+,52+,53-,54-,55+,56+. The van der Waals surface area contributed by atoms with Crippen LogP contribution >= 0.6 is 151 Å². The molecule has 8 saturated heterocycles. The van der Waals surface area contributed by atoms with E-state index in [0.717, 1.165) is 82.9 Å². The Balaban J connectivity index is 0.672. The Morgan fingerprint density at radius 2 is 0.157 bits per heavy atom. The van der Waals surface area contributed by atoms with E-state index in [4.69, 9.17) is 0 Å². The molecule has 0 atom stereocenters. The molecule has 0 N–H and O–H groups in total. The Morgan fingerprint density at radius 3 is 0.214 bits per heavy atom. The molecular formula is C56H98S14. The van der Waals surface area contributed by atoms with E-state index in [1.165, 1.54) is 260 Å². The first-order valence-corrected chi connectivity index (χ1v) is 46.8. The van der Waals surface area contributed by atoms with Crippen LogP contribution in [0.25, 0.3) is 0 Å². The zero-order valence-electron chi connectivity index (χ0n) is 43.5. The highest BCUT2D eigenvalue weighted by atomic mass is 33.1. The maximum absolute atomic E-state index is 2.25. The molecule has 0 spiro atoms. The predicted molar refractivity (Wildman–Crippen MR) is 353 cm³/mol. The van der Waals surface area contributed by atoms with E-state index in [0.29, 0.717) is 0 Å². The fraction of sp³-hybridized carbons (Fsp3) is 1.00. The van der Waals surface area contributed by atoms with E-state index in [2.05, 4.69) is 151 Å². The van der Waals surface area contributed by atoms with Gasteiger partial charge in [-0.1, -0.05) is 151 Å². The summed E-state index contributed by atoms with van der Waals surface area (Å²) in [6.07, 6.45) is 42.1. The van der Waals surface area contributed by atoms with Crippen LogP contribution in [0.2, 0.25) is 0 Å². The van der Waals surface area contributed by atoms with Crippen molar-refractivity contribution in [1.29, 1.82) is 0 Å². The van der Waals surface area contributed by atoms with Crippen LogP contribution < -0.4 is 0 Å². The molecule has 7 saturated carbocycles. The van der Waals surface area contributed by atoms with Crippen molar-refractivity contribution in [2.24, 2.45) is 82.9 Å². The van der Waals surface area contributed by atoms with Crippen LogP contribution in [0, 0.1) is 82.9 Å². The van der Waals surface area contributed by atoms with Gasteiger partial charge < -0.3 is 0 Å². The molecule has 0 aromatic heterocycles. The van der Waals surface area contributed by atoms with Gasteiger partial charge in [0.2, 0.25) is 0 Å². The van der Waals surface area contributed by atoms with Gasteiger partial charge in [0.1, 0.15) is 0 Å². The predicted octanol–water partition coefficient (Wildman–Crippen LogP) is 22.3. The fourth-order valence-electron chi connectivity index (χ4n) is 13.0. The molecule has 70 heavy (non-hydrogen) atoms. The van der Waals surface area contributed by atoms with Gasteiger partial charge in [-0.15, -0.1) is 0 Å². The maximum atomic E-state index is 2.25. The molecule has 8 aliphatic heterocycles. The molecule has 14 heteroatoms. The fourth-order valence-corrected chi connectivity index (χ4v) is 33.8. The van der Waals surface area contributed by atoms with Gasteiger partial charge >= 0.3 is 0 Å². The lowest BCUT2D eigenvalue weighted by Crippen LogP contribution is -2.19. The summed E-state index contributed by atoms with van der Waals surface area (Å²) in [7, 11) is 31.4. The van der Waals surface area contributed by atoms with Gasteiger partial charge in [-0.05, 0) is 263 Å². The Morgan fingerprint density at radius 1 is 0.100 bits per heavy atom. The summed E-state index contributed by atoms with van der Waals surface area (Å²) in [6.45, 7) is 0. The average Bonchev–Trinajstić information content (AvgIpc) is 3.40. The third kappa shape index (κ3) is 24.5.